The molecular formula is C30H34N6O3. The van der Waals surface area contributed by atoms with Crippen molar-refractivity contribution in [1.82, 2.24) is 25.1 Å². The highest BCUT2D eigenvalue weighted by Gasteiger charge is 2.52. The van der Waals surface area contributed by atoms with Crippen LogP contribution in [0.15, 0.2) is 84.9 Å². The first-order valence-corrected chi connectivity index (χ1v) is 13.1. The summed E-state index contributed by atoms with van der Waals surface area (Å²) in [5, 5.41) is 6.17. The fourth-order valence-electron chi connectivity index (χ4n) is 5.39. The molecule has 39 heavy (non-hydrogen) atoms. The zero-order valence-electron chi connectivity index (χ0n) is 22.5. The van der Waals surface area contributed by atoms with Crippen LogP contribution in [-0.2, 0) is 22.7 Å². The van der Waals surface area contributed by atoms with Gasteiger partial charge in [0.2, 0.25) is 5.91 Å². The van der Waals surface area contributed by atoms with Crippen molar-refractivity contribution in [2.45, 2.75) is 25.3 Å². The first kappa shape index (κ1) is 26.2. The normalized spacial score (nSPS) is 19.2. The van der Waals surface area contributed by atoms with Crippen LogP contribution in [0.3, 0.4) is 0 Å². The van der Waals surface area contributed by atoms with Crippen molar-refractivity contribution in [2.75, 3.05) is 39.1 Å². The molecule has 3 aromatic carbocycles. The van der Waals surface area contributed by atoms with E-state index in [4.69, 9.17) is 0 Å². The minimum atomic E-state index is -0.769. The minimum Gasteiger partial charge on any atom is -0.377 e. The number of nitrogens with zero attached hydrogens (tertiary/aromatic N) is 5. The summed E-state index contributed by atoms with van der Waals surface area (Å²) in [4.78, 5) is 46.0. The summed E-state index contributed by atoms with van der Waals surface area (Å²) in [5.74, 6) is -0.310. The van der Waals surface area contributed by atoms with Gasteiger partial charge in [0.1, 0.15) is 12.2 Å². The molecule has 3 aromatic rings. The van der Waals surface area contributed by atoms with Crippen LogP contribution < -0.4 is 10.2 Å². The summed E-state index contributed by atoms with van der Waals surface area (Å²) in [7, 11) is 5.62. The third-order valence-electron chi connectivity index (χ3n) is 7.37. The van der Waals surface area contributed by atoms with E-state index in [9.17, 15) is 14.4 Å². The van der Waals surface area contributed by atoms with E-state index in [1.165, 1.54) is 5.01 Å². The summed E-state index contributed by atoms with van der Waals surface area (Å²) >= 11 is 0. The number of hydrogen-bond donors (Lipinski definition) is 1. The Morgan fingerprint density at radius 1 is 0.897 bits per heavy atom. The number of carbonyl (C=O) groups is 3. The molecule has 4 amide bonds. The Bertz CT molecular complexity index is 1330. The van der Waals surface area contributed by atoms with Gasteiger partial charge >= 0.3 is 6.03 Å². The first-order chi connectivity index (χ1) is 18.8. The number of hydrogen-bond acceptors (Lipinski definition) is 5. The van der Waals surface area contributed by atoms with Gasteiger partial charge in [0.05, 0.1) is 13.1 Å². The summed E-state index contributed by atoms with van der Waals surface area (Å²) < 4.78 is 0. The standard InChI is InChI=1S/C30H34N6O3/c1-32(2)25-17-11-10-16-24(25)19-34-20-26-35(33(3)30(39)31-18-22-12-6-4-7-13-22)21-27(37)36(26)28(29(34)38)23-14-8-5-9-15-23/h4-17,26,28H,18-21H2,1-3H3,(H,31,39)/t26-,28+/m1/s1. The number of hydrazine groups is 1. The van der Waals surface area contributed by atoms with Crippen molar-refractivity contribution in [3.63, 3.8) is 0 Å². The summed E-state index contributed by atoms with van der Waals surface area (Å²) in [6.07, 6.45) is -0.487. The molecule has 9 heteroatoms. The molecule has 0 aromatic heterocycles. The van der Waals surface area contributed by atoms with Gasteiger partial charge in [-0.05, 0) is 22.8 Å². The number of fused-ring (bicyclic) bond motifs is 1. The lowest BCUT2D eigenvalue weighted by Gasteiger charge is -2.46. The Balaban J connectivity index is 1.43. The molecule has 9 nitrogen and oxygen atoms in total. The van der Waals surface area contributed by atoms with Crippen LogP contribution in [0.5, 0.6) is 0 Å². The molecular weight excluding hydrogens is 492 g/mol. The van der Waals surface area contributed by atoms with E-state index < -0.39 is 12.2 Å². The number of amides is 4. The van der Waals surface area contributed by atoms with Crippen LogP contribution >= 0.6 is 0 Å². The van der Waals surface area contributed by atoms with E-state index in [1.54, 1.807) is 17.0 Å². The highest BCUT2D eigenvalue weighted by molar-refractivity contribution is 5.92. The SMILES string of the molecule is CN(C)c1ccccc1CN1C[C@H]2N(C(=O)CN2N(C)C(=O)NCc2ccccc2)[C@@H](c2ccccc2)C1=O. The third-order valence-corrected chi connectivity index (χ3v) is 7.37. The number of rotatable bonds is 7. The number of para-hydroxylation sites is 1. The molecule has 2 aliphatic heterocycles. The summed E-state index contributed by atoms with van der Waals surface area (Å²) in [5.41, 5.74) is 3.78. The van der Waals surface area contributed by atoms with Gasteiger partial charge in [-0.1, -0.05) is 78.9 Å². The molecule has 2 aliphatic rings. The molecule has 0 bridgehead atoms. The molecule has 0 unspecified atom stereocenters. The fraction of sp³-hybridized carbons (Fsp3) is 0.300. The number of urea groups is 1. The van der Waals surface area contributed by atoms with E-state index in [1.807, 2.05) is 109 Å². The lowest BCUT2D eigenvalue weighted by atomic mass is 10.00. The highest BCUT2D eigenvalue weighted by Crippen LogP contribution is 2.36. The second-order valence-electron chi connectivity index (χ2n) is 10.1. The molecule has 2 heterocycles. The van der Waals surface area contributed by atoms with Gasteiger partial charge < -0.3 is 20.0 Å². The van der Waals surface area contributed by atoms with E-state index in [0.29, 0.717) is 13.1 Å². The van der Waals surface area contributed by atoms with E-state index >= 15 is 0 Å². The van der Waals surface area contributed by atoms with Gasteiger partial charge in [0.15, 0.2) is 0 Å². The van der Waals surface area contributed by atoms with Crippen molar-refractivity contribution < 1.29 is 14.4 Å². The molecule has 2 atom stereocenters. The van der Waals surface area contributed by atoms with Crippen molar-refractivity contribution in [2.24, 2.45) is 0 Å². The second-order valence-corrected chi connectivity index (χ2v) is 10.1. The molecule has 0 aliphatic carbocycles. The predicted octanol–water partition coefficient (Wildman–Crippen LogP) is 3.06. The Morgan fingerprint density at radius 2 is 1.54 bits per heavy atom. The van der Waals surface area contributed by atoms with Crippen LogP contribution in [0.4, 0.5) is 10.5 Å². The number of anilines is 1. The minimum absolute atomic E-state index is 0.0126. The number of piperazine rings is 1. The third kappa shape index (κ3) is 5.31. The van der Waals surface area contributed by atoms with Crippen LogP contribution in [0, 0.1) is 0 Å². The maximum absolute atomic E-state index is 14.0. The zero-order chi connectivity index (χ0) is 27.5. The summed E-state index contributed by atoms with van der Waals surface area (Å²) in [6.45, 7) is 1.07. The number of benzene rings is 3. The van der Waals surface area contributed by atoms with E-state index in [2.05, 4.69) is 5.32 Å². The lowest BCUT2D eigenvalue weighted by Crippen LogP contribution is -2.62. The van der Waals surface area contributed by atoms with Gasteiger partial charge in [-0.25, -0.2) is 4.79 Å². The maximum atomic E-state index is 14.0. The predicted molar refractivity (Wildman–Crippen MR) is 149 cm³/mol. The zero-order valence-corrected chi connectivity index (χ0v) is 22.5. The van der Waals surface area contributed by atoms with Crippen molar-refractivity contribution >= 4 is 23.5 Å². The van der Waals surface area contributed by atoms with E-state index in [0.717, 1.165) is 22.4 Å². The Morgan fingerprint density at radius 3 is 2.23 bits per heavy atom. The molecule has 5 rings (SSSR count). The van der Waals surface area contributed by atoms with Gasteiger partial charge in [0, 0.05) is 39.9 Å². The average Bonchev–Trinajstić information content (AvgIpc) is 3.28. The Labute approximate surface area is 229 Å². The van der Waals surface area contributed by atoms with Gasteiger partial charge in [0.25, 0.3) is 5.91 Å². The van der Waals surface area contributed by atoms with Gasteiger partial charge in [-0.15, -0.1) is 0 Å². The van der Waals surface area contributed by atoms with Gasteiger partial charge in [-0.2, -0.15) is 5.01 Å². The van der Waals surface area contributed by atoms with Crippen LogP contribution in [0.2, 0.25) is 0 Å². The topological polar surface area (TPSA) is 79.4 Å². The monoisotopic (exact) mass is 526 g/mol. The van der Waals surface area contributed by atoms with Crippen molar-refractivity contribution in [1.29, 1.82) is 0 Å². The molecule has 2 saturated heterocycles. The fourth-order valence-corrected chi connectivity index (χ4v) is 5.39. The van der Waals surface area contributed by atoms with E-state index in [-0.39, 0.29) is 30.9 Å². The second kappa shape index (κ2) is 11.2. The number of nitrogens with one attached hydrogen (secondary N) is 1. The molecule has 0 saturated carbocycles. The molecule has 2 fully saturated rings. The summed E-state index contributed by atoms with van der Waals surface area (Å²) in [6, 6.07) is 26.0. The number of carbonyl (C=O) groups excluding carboxylic acids is 3. The van der Waals surface area contributed by atoms with Crippen molar-refractivity contribution in [3.8, 4) is 0 Å². The average molecular weight is 527 g/mol. The lowest BCUT2D eigenvalue weighted by molar-refractivity contribution is -0.157. The molecule has 0 radical (unpaired) electrons. The molecule has 1 N–H and O–H groups in total. The molecule has 202 valence electrons. The molecule has 0 spiro atoms. The van der Waals surface area contributed by atoms with Crippen LogP contribution in [0.1, 0.15) is 22.7 Å². The highest BCUT2D eigenvalue weighted by atomic mass is 16.2. The quantitative estimate of drug-likeness (QED) is 0.512. The smallest absolute Gasteiger partial charge is 0.332 e. The largest absolute Gasteiger partial charge is 0.377 e. The van der Waals surface area contributed by atoms with Crippen LogP contribution in [-0.4, -0.2) is 78.1 Å². The Hall–Kier alpha value is -4.37. The van der Waals surface area contributed by atoms with Crippen LogP contribution in [0.25, 0.3) is 0 Å². The van der Waals surface area contributed by atoms with Crippen molar-refractivity contribution in [3.05, 3.63) is 102 Å². The first-order valence-electron chi connectivity index (χ1n) is 13.1. The van der Waals surface area contributed by atoms with Gasteiger partial charge in [-0.3, -0.25) is 14.6 Å². The Kier molecular flexibility index (Phi) is 7.51. The maximum Gasteiger partial charge on any atom is 0.332 e.